The Labute approximate surface area is 97.9 Å². The minimum Gasteiger partial charge on any atom is -0.465 e. The summed E-state index contributed by atoms with van der Waals surface area (Å²) in [4.78, 5) is 21.7. The number of amides is 1. The first-order chi connectivity index (χ1) is 8.06. The maximum atomic E-state index is 13.8. The van der Waals surface area contributed by atoms with Gasteiger partial charge in [-0.05, 0) is 6.07 Å². The molecule has 90 valence electrons. The molecule has 0 saturated carbocycles. The third-order valence-corrected chi connectivity index (χ3v) is 2.05. The lowest BCUT2D eigenvalue weighted by atomic mass is 10.1. The molecular formula is C12H12FNO3. The van der Waals surface area contributed by atoms with Gasteiger partial charge in [0.05, 0.1) is 12.7 Å². The number of hydrogen-bond acceptors (Lipinski definition) is 3. The Morgan fingerprint density at radius 1 is 1.47 bits per heavy atom. The second kappa shape index (κ2) is 5.79. The number of carbonyl (C=O) groups is 2. The van der Waals surface area contributed by atoms with Gasteiger partial charge in [-0.25, -0.2) is 9.18 Å². The topological polar surface area (TPSA) is 69.4 Å². The zero-order chi connectivity index (χ0) is 12.8. The monoisotopic (exact) mass is 237 g/mol. The average Bonchev–Trinajstić information content (AvgIpc) is 2.30. The van der Waals surface area contributed by atoms with Gasteiger partial charge in [0.15, 0.2) is 0 Å². The van der Waals surface area contributed by atoms with E-state index in [1.807, 2.05) is 0 Å². The van der Waals surface area contributed by atoms with Crippen LogP contribution in [0.4, 0.5) is 4.39 Å². The van der Waals surface area contributed by atoms with E-state index >= 15 is 0 Å². The summed E-state index contributed by atoms with van der Waals surface area (Å²) in [7, 11) is 1.18. The molecule has 1 aromatic carbocycles. The predicted octanol–water partition coefficient (Wildman–Crippen LogP) is 1.50. The first kappa shape index (κ1) is 12.9. The second-order valence-corrected chi connectivity index (χ2v) is 3.27. The van der Waals surface area contributed by atoms with E-state index in [2.05, 4.69) is 4.74 Å². The maximum Gasteiger partial charge on any atom is 0.340 e. The molecule has 0 radical (unpaired) electrons. The smallest absolute Gasteiger partial charge is 0.340 e. The van der Waals surface area contributed by atoms with Gasteiger partial charge in [0.1, 0.15) is 5.82 Å². The van der Waals surface area contributed by atoms with Gasteiger partial charge in [-0.3, -0.25) is 4.79 Å². The van der Waals surface area contributed by atoms with E-state index < -0.39 is 17.7 Å². The fraction of sp³-hybridized carbons (Fsp3) is 0.167. The summed E-state index contributed by atoms with van der Waals surface area (Å²) in [5.74, 6) is -1.93. The maximum absolute atomic E-state index is 13.8. The van der Waals surface area contributed by atoms with Crippen LogP contribution < -0.4 is 5.73 Å². The lowest BCUT2D eigenvalue weighted by molar-refractivity contribution is -0.117. The van der Waals surface area contributed by atoms with Crippen LogP contribution in [0.5, 0.6) is 0 Å². The molecule has 0 unspecified atom stereocenters. The van der Waals surface area contributed by atoms with E-state index in [0.29, 0.717) is 0 Å². The molecule has 5 heteroatoms. The number of rotatable bonds is 4. The van der Waals surface area contributed by atoms with E-state index in [4.69, 9.17) is 5.73 Å². The normalized spacial score (nSPS) is 10.5. The van der Waals surface area contributed by atoms with E-state index in [1.54, 1.807) is 0 Å². The number of esters is 1. The highest BCUT2D eigenvalue weighted by Gasteiger charge is 2.13. The van der Waals surface area contributed by atoms with Gasteiger partial charge in [0.25, 0.3) is 0 Å². The lowest BCUT2D eigenvalue weighted by Gasteiger charge is -2.03. The summed E-state index contributed by atoms with van der Waals surface area (Å²) >= 11 is 0. The number of primary amides is 1. The van der Waals surface area contributed by atoms with Gasteiger partial charge in [-0.1, -0.05) is 24.3 Å². The fourth-order valence-corrected chi connectivity index (χ4v) is 1.25. The van der Waals surface area contributed by atoms with Crippen LogP contribution in [0.3, 0.4) is 0 Å². The summed E-state index contributed by atoms with van der Waals surface area (Å²) in [5.41, 5.74) is 4.99. The Morgan fingerprint density at radius 3 is 2.76 bits per heavy atom. The second-order valence-electron chi connectivity index (χ2n) is 3.27. The van der Waals surface area contributed by atoms with Gasteiger partial charge in [-0.15, -0.1) is 0 Å². The molecule has 0 fully saturated rings. The first-order valence-electron chi connectivity index (χ1n) is 4.88. The number of methoxy groups -OCH3 is 1. The molecular weight excluding hydrogens is 225 g/mol. The molecule has 2 N–H and O–H groups in total. The molecule has 0 spiro atoms. The largest absolute Gasteiger partial charge is 0.465 e. The predicted molar refractivity (Wildman–Crippen MR) is 60.6 cm³/mol. The van der Waals surface area contributed by atoms with E-state index in [9.17, 15) is 14.0 Å². The number of halogens is 1. The molecule has 0 aliphatic heterocycles. The van der Waals surface area contributed by atoms with Crippen LogP contribution in [0.15, 0.2) is 24.3 Å². The molecule has 0 heterocycles. The van der Waals surface area contributed by atoms with Gasteiger partial charge in [0, 0.05) is 12.0 Å². The zero-order valence-electron chi connectivity index (χ0n) is 9.27. The van der Waals surface area contributed by atoms with Crippen molar-refractivity contribution in [2.24, 2.45) is 5.73 Å². The fourth-order valence-electron chi connectivity index (χ4n) is 1.25. The van der Waals surface area contributed by atoms with Crippen molar-refractivity contribution in [3.63, 3.8) is 0 Å². The minimum atomic E-state index is -0.743. The van der Waals surface area contributed by atoms with Crippen molar-refractivity contribution in [3.05, 3.63) is 41.2 Å². The highest BCUT2D eigenvalue weighted by atomic mass is 19.1. The van der Waals surface area contributed by atoms with Gasteiger partial charge < -0.3 is 10.5 Å². The summed E-state index contributed by atoms with van der Waals surface area (Å²) in [5, 5.41) is 0. The summed E-state index contributed by atoms with van der Waals surface area (Å²) < 4.78 is 18.2. The molecule has 1 rings (SSSR count). The van der Waals surface area contributed by atoms with E-state index in [1.165, 1.54) is 37.5 Å². The number of carbonyl (C=O) groups excluding carboxylic acids is 2. The van der Waals surface area contributed by atoms with Gasteiger partial charge >= 0.3 is 5.97 Å². The van der Waals surface area contributed by atoms with E-state index in [-0.39, 0.29) is 17.5 Å². The third kappa shape index (κ3) is 3.41. The SMILES string of the molecule is COC(=O)c1cccc(C=CCC(N)=O)c1F. The van der Waals surface area contributed by atoms with Crippen molar-refractivity contribution in [3.8, 4) is 0 Å². The van der Waals surface area contributed by atoms with Crippen LogP contribution in [0.25, 0.3) is 6.08 Å². The van der Waals surface area contributed by atoms with Crippen LogP contribution in [0.1, 0.15) is 22.3 Å². The Balaban J connectivity index is 2.98. The standard InChI is InChI=1S/C12H12FNO3/c1-17-12(16)9-6-2-4-8(11(9)13)5-3-7-10(14)15/h2-6H,7H2,1H3,(H2,14,15). The molecule has 4 nitrogen and oxygen atoms in total. The van der Waals surface area contributed by atoms with Crippen LogP contribution in [-0.4, -0.2) is 19.0 Å². The highest BCUT2D eigenvalue weighted by molar-refractivity contribution is 5.90. The van der Waals surface area contributed by atoms with Gasteiger partial charge in [0.2, 0.25) is 5.91 Å². The molecule has 1 aromatic rings. The number of benzene rings is 1. The Bertz CT molecular complexity index is 469. The Kier molecular flexibility index (Phi) is 4.39. The van der Waals surface area contributed by atoms with Crippen molar-refractivity contribution >= 4 is 18.0 Å². The van der Waals surface area contributed by atoms with Crippen molar-refractivity contribution in [1.29, 1.82) is 0 Å². The highest BCUT2D eigenvalue weighted by Crippen LogP contribution is 2.15. The molecule has 0 atom stereocenters. The first-order valence-corrected chi connectivity index (χ1v) is 4.88. The molecule has 0 aromatic heterocycles. The van der Waals surface area contributed by atoms with Gasteiger partial charge in [-0.2, -0.15) is 0 Å². The average molecular weight is 237 g/mol. The van der Waals surface area contributed by atoms with Crippen molar-refractivity contribution in [2.45, 2.75) is 6.42 Å². The summed E-state index contributed by atoms with van der Waals surface area (Å²) in [6.45, 7) is 0. The number of nitrogens with two attached hydrogens (primary N) is 1. The Morgan fingerprint density at radius 2 is 2.18 bits per heavy atom. The molecule has 0 bridgehead atoms. The Hall–Kier alpha value is -2.17. The van der Waals surface area contributed by atoms with E-state index in [0.717, 1.165) is 0 Å². The van der Waals surface area contributed by atoms with Crippen molar-refractivity contribution < 1.29 is 18.7 Å². The third-order valence-electron chi connectivity index (χ3n) is 2.05. The minimum absolute atomic E-state index is 0.0158. The van der Waals surface area contributed by atoms with Crippen LogP contribution >= 0.6 is 0 Å². The molecule has 17 heavy (non-hydrogen) atoms. The lowest BCUT2D eigenvalue weighted by Crippen LogP contribution is -2.08. The number of ether oxygens (including phenoxy) is 1. The van der Waals surface area contributed by atoms with Crippen molar-refractivity contribution in [1.82, 2.24) is 0 Å². The zero-order valence-corrected chi connectivity index (χ0v) is 9.27. The van der Waals surface area contributed by atoms with Crippen LogP contribution in [0.2, 0.25) is 0 Å². The summed E-state index contributed by atoms with van der Waals surface area (Å²) in [6.07, 6.45) is 2.84. The molecule has 0 aliphatic rings. The van der Waals surface area contributed by atoms with Crippen molar-refractivity contribution in [2.75, 3.05) is 7.11 Å². The van der Waals surface area contributed by atoms with Crippen LogP contribution in [0, 0.1) is 5.82 Å². The van der Waals surface area contributed by atoms with Crippen LogP contribution in [-0.2, 0) is 9.53 Å². The molecule has 0 aliphatic carbocycles. The molecule has 1 amide bonds. The molecule has 0 saturated heterocycles. The summed E-state index contributed by atoms with van der Waals surface area (Å²) in [6, 6.07) is 4.34. The number of hydrogen-bond donors (Lipinski definition) is 1. The quantitative estimate of drug-likeness (QED) is 0.807.